The van der Waals surface area contributed by atoms with Gasteiger partial charge >= 0.3 is 0 Å². The zero-order valence-corrected chi connectivity index (χ0v) is 16.9. The summed E-state index contributed by atoms with van der Waals surface area (Å²) in [7, 11) is 0. The van der Waals surface area contributed by atoms with Crippen LogP contribution in [0.25, 0.3) is 0 Å². The van der Waals surface area contributed by atoms with Crippen LogP contribution in [0.4, 0.5) is 0 Å². The van der Waals surface area contributed by atoms with Gasteiger partial charge in [0.1, 0.15) is 5.75 Å². The van der Waals surface area contributed by atoms with E-state index in [2.05, 4.69) is 25.9 Å². The number of halogens is 1. The number of rotatable bonds is 4. The predicted octanol–water partition coefficient (Wildman–Crippen LogP) is 5.11. The van der Waals surface area contributed by atoms with Crippen LogP contribution in [-0.2, 0) is 0 Å². The highest BCUT2D eigenvalue weighted by atomic mass is 79.9. The van der Waals surface area contributed by atoms with Crippen LogP contribution in [0.5, 0.6) is 11.6 Å². The first-order valence-corrected chi connectivity index (χ1v) is 10.4. The molecule has 138 valence electrons. The monoisotopic (exact) mass is 443 g/mol. The molecule has 4 rings (SSSR count). The van der Waals surface area contributed by atoms with Crippen LogP contribution in [-0.4, -0.2) is 33.9 Å². The average molecular weight is 444 g/mol. The summed E-state index contributed by atoms with van der Waals surface area (Å²) >= 11 is 5.08. The predicted molar refractivity (Wildman–Crippen MR) is 108 cm³/mol. The van der Waals surface area contributed by atoms with Crippen molar-refractivity contribution < 1.29 is 9.53 Å². The van der Waals surface area contributed by atoms with E-state index in [0.717, 1.165) is 28.9 Å². The topological polar surface area (TPSA) is 55.3 Å². The molecule has 0 saturated carbocycles. The Morgan fingerprint density at radius 2 is 2.19 bits per heavy atom. The van der Waals surface area contributed by atoms with Crippen molar-refractivity contribution in [3.8, 4) is 11.6 Å². The molecule has 1 aliphatic heterocycles. The van der Waals surface area contributed by atoms with Gasteiger partial charge in [0.25, 0.3) is 5.91 Å². The zero-order chi connectivity index (χ0) is 18.6. The molecule has 1 aromatic carbocycles. The Balaban J connectivity index is 1.43. The van der Waals surface area contributed by atoms with E-state index >= 15 is 0 Å². The lowest BCUT2D eigenvalue weighted by Crippen LogP contribution is -2.39. The lowest BCUT2D eigenvalue weighted by atomic mass is 9.98. The Labute approximate surface area is 170 Å². The quantitative estimate of drug-likeness (QED) is 0.561. The van der Waals surface area contributed by atoms with E-state index in [1.54, 1.807) is 29.7 Å². The van der Waals surface area contributed by atoms with Crippen LogP contribution in [0.3, 0.4) is 0 Å². The number of piperidine rings is 1. The standard InChI is InChI=1S/C20H18BrN3O2S/c21-16-4-1-5-17(11-16)26-18-7-6-14(12-23-18)20(25)24-9-2-3-15(13-24)19-22-8-10-27-19/h1,4-8,10-12,15H,2-3,9,13H2. The molecular weight excluding hydrogens is 426 g/mol. The molecule has 1 saturated heterocycles. The lowest BCUT2D eigenvalue weighted by Gasteiger charge is -2.31. The number of benzene rings is 1. The zero-order valence-electron chi connectivity index (χ0n) is 14.5. The molecule has 0 spiro atoms. The number of hydrogen-bond acceptors (Lipinski definition) is 5. The fourth-order valence-electron chi connectivity index (χ4n) is 3.20. The van der Waals surface area contributed by atoms with Crippen LogP contribution >= 0.6 is 27.3 Å². The van der Waals surface area contributed by atoms with Crippen LogP contribution in [0, 0.1) is 0 Å². The second-order valence-corrected chi connectivity index (χ2v) is 8.25. The molecule has 27 heavy (non-hydrogen) atoms. The Kier molecular flexibility index (Phi) is 5.50. The van der Waals surface area contributed by atoms with Gasteiger partial charge in [-0.3, -0.25) is 4.79 Å². The number of likely N-dealkylation sites (tertiary alicyclic amines) is 1. The molecule has 5 nitrogen and oxygen atoms in total. The van der Waals surface area contributed by atoms with E-state index in [1.807, 2.05) is 40.7 Å². The smallest absolute Gasteiger partial charge is 0.255 e. The van der Waals surface area contributed by atoms with Gasteiger partial charge < -0.3 is 9.64 Å². The maximum atomic E-state index is 12.9. The maximum absolute atomic E-state index is 12.9. The van der Waals surface area contributed by atoms with Crippen LogP contribution in [0.1, 0.15) is 34.1 Å². The minimum absolute atomic E-state index is 0.0118. The van der Waals surface area contributed by atoms with Gasteiger partial charge in [0.05, 0.1) is 10.6 Å². The molecule has 0 aliphatic carbocycles. The summed E-state index contributed by atoms with van der Waals surface area (Å²) in [4.78, 5) is 23.5. The highest BCUT2D eigenvalue weighted by molar-refractivity contribution is 9.10. The summed E-state index contributed by atoms with van der Waals surface area (Å²) in [6.45, 7) is 1.49. The van der Waals surface area contributed by atoms with Gasteiger partial charge in [-0.25, -0.2) is 9.97 Å². The van der Waals surface area contributed by atoms with Gasteiger partial charge in [-0.15, -0.1) is 11.3 Å². The number of carbonyl (C=O) groups is 1. The highest BCUT2D eigenvalue weighted by Gasteiger charge is 2.27. The van der Waals surface area contributed by atoms with Gasteiger partial charge in [0.15, 0.2) is 0 Å². The third-order valence-corrected chi connectivity index (χ3v) is 5.94. The second-order valence-electron chi connectivity index (χ2n) is 6.41. The molecule has 1 unspecified atom stereocenters. The SMILES string of the molecule is O=C(c1ccc(Oc2cccc(Br)c2)nc1)N1CCCC(c2nccs2)C1. The first-order chi connectivity index (χ1) is 13.2. The van der Waals surface area contributed by atoms with Gasteiger partial charge in [-0.1, -0.05) is 22.0 Å². The molecule has 3 aromatic rings. The van der Waals surface area contributed by atoms with E-state index in [-0.39, 0.29) is 5.91 Å². The fraction of sp³-hybridized carbons (Fsp3) is 0.250. The van der Waals surface area contributed by atoms with Crippen molar-refractivity contribution in [1.29, 1.82) is 0 Å². The Morgan fingerprint density at radius 1 is 1.26 bits per heavy atom. The van der Waals surface area contributed by atoms with Crippen molar-refractivity contribution in [3.63, 3.8) is 0 Å². The average Bonchev–Trinajstić information content (AvgIpc) is 3.23. The van der Waals surface area contributed by atoms with Crippen LogP contribution in [0.15, 0.2) is 58.6 Å². The molecule has 1 fully saturated rings. The minimum atomic E-state index is 0.0118. The fourth-order valence-corrected chi connectivity index (χ4v) is 4.35. The number of thiazole rings is 1. The number of aromatic nitrogens is 2. The number of amides is 1. The normalized spacial score (nSPS) is 16.9. The van der Waals surface area contributed by atoms with Crippen LogP contribution < -0.4 is 4.74 Å². The molecule has 0 bridgehead atoms. The first kappa shape index (κ1) is 18.1. The number of pyridine rings is 1. The Morgan fingerprint density at radius 3 is 2.93 bits per heavy atom. The summed E-state index contributed by atoms with van der Waals surface area (Å²) < 4.78 is 6.67. The first-order valence-electron chi connectivity index (χ1n) is 8.77. The van der Waals surface area contributed by atoms with Crippen LogP contribution in [0.2, 0.25) is 0 Å². The lowest BCUT2D eigenvalue weighted by molar-refractivity contribution is 0.0706. The molecule has 3 heterocycles. The number of ether oxygens (including phenoxy) is 1. The van der Waals surface area contributed by atoms with Crippen molar-refractivity contribution in [2.75, 3.05) is 13.1 Å². The molecule has 7 heteroatoms. The number of carbonyl (C=O) groups excluding carboxylic acids is 1. The van der Waals surface area contributed by atoms with Crippen molar-refractivity contribution in [1.82, 2.24) is 14.9 Å². The highest BCUT2D eigenvalue weighted by Crippen LogP contribution is 2.29. The second kappa shape index (κ2) is 8.19. The van der Waals surface area contributed by atoms with Gasteiger partial charge in [0, 0.05) is 47.3 Å². The summed E-state index contributed by atoms with van der Waals surface area (Å²) in [6.07, 6.45) is 5.49. The third-order valence-electron chi connectivity index (χ3n) is 4.51. The molecule has 0 N–H and O–H groups in total. The Bertz CT molecular complexity index is 915. The molecular formula is C20H18BrN3O2S. The summed E-state index contributed by atoms with van der Waals surface area (Å²) in [5, 5.41) is 3.10. The summed E-state index contributed by atoms with van der Waals surface area (Å²) in [5.41, 5.74) is 0.580. The van der Waals surface area contributed by atoms with Crippen molar-refractivity contribution in [2.24, 2.45) is 0 Å². The number of hydrogen-bond donors (Lipinski definition) is 0. The van der Waals surface area contributed by atoms with Gasteiger partial charge in [-0.05, 0) is 37.1 Å². The van der Waals surface area contributed by atoms with Crippen molar-refractivity contribution in [3.05, 3.63) is 69.2 Å². The van der Waals surface area contributed by atoms with Gasteiger partial charge in [-0.2, -0.15) is 0 Å². The third kappa shape index (κ3) is 4.36. The molecule has 1 aliphatic rings. The van der Waals surface area contributed by atoms with E-state index in [0.29, 0.717) is 29.7 Å². The molecule has 2 aromatic heterocycles. The van der Waals surface area contributed by atoms with E-state index in [1.165, 1.54) is 0 Å². The van der Waals surface area contributed by atoms with E-state index < -0.39 is 0 Å². The van der Waals surface area contributed by atoms with Gasteiger partial charge in [0.2, 0.25) is 5.88 Å². The molecule has 1 atom stereocenters. The molecule has 0 radical (unpaired) electrons. The Hall–Kier alpha value is -2.25. The molecule has 1 amide bonds. The maximum Gasteiger partial charge on any atom is 0.255 e. The minimum Gasteiger partial charge on any atom is -0.439 e. The number of nitrogens with zero attached hydrogens (tertiary/aromatic N) is 3. The van der Waals surface area contributed by atoms with Crippen molar-refractivity contribution in [2.45, 2.75) is 18.8 Å². The van der Waals surface area contributed by atoms with Crippen molar-refractivity contribution >= 4 is 33.2 Å². The van der Waals surface area contributed by atoms with E-state index in [4.69, 9.17) is 4.74 Å². The summed E-state index contributed by atoms with van der Waals surface area (Å²) in [6, 6.07) is 11.1. The van der Waals surface area contributed by atoms with E-state index in [9.17, 15) is 4.79 Å². The summed E-state index contributed by atoms with van der Waals surface area (Å²) in [5.74, 6) is 1.50. The largest absolute Gasteiger partial charge is 0.439 e.